The molecule has 0 aliphatic heterocycles. The molecule has 0 saturated heterocycles. The molecule has 0 bridgehead atoms. The Morgan fingerprint density at radius 3 is 2.87 bits per heavy atom. The van der Waals surface area contributed by atoms with E-state index in [0.717, 1.165) is 16.5 Å². The first-order valence-corrected chi connectivity index (χ1v) is 9.58. The molecular weight excluding hydrogens is 394 g/mol. The van der Waals surface area contributed by atoms with E-state index in [1.807, 2.05) is 12.1 Å². The van der Waals surface area contributed by atoms with Crippen molar-refractivity contribution in [3.63, 3.8) is 0 Å². The number of aliphatic hydroxyl groups is 1. The third-order valence-corrected chi connectivity index (χ3v) is 4.45. The fraction of sp³-hybridized carbons (Fsp3) is 0.381. The highest BCUT2D eigenvalue weighted by molar-refractivity contribution is 5.86. The number of nitrogens with one attached hydrogen (secondary N) is 1. The Balaban J connectivity index is 1.76. The van der Waals surface area contributed by atoms with Gasteiger partial charge in [0.15, 0.2) is 0 Å². The van der Waals surface area contributed by atoms with Crippen LogP contribution >= 0.6 is 0 Å². The van der Waals surface area contributed by atoms with Gasteiger partial charge < -0.3 is 15.2 Å². The predicted molar refractivity (Wildman–Crippen MR) is 108 cm³/mol. The first-order valence-electron chi connectivity index (χ1n) is 9.58. The summed E-state index contributed by atoms with van der Waals surface area (Å²) in [5.74, 6) is 0.185. The van der Waals surface area contributed by atoms with Gasteiger partial charge in [-0.3, -0.25) is 14.5 Å². The minimum Gasteiger partial charge on any atom is -0.487 e. The second kappa shape index (κ2) is 9.62. The number of halogens is 2. The van der Waals surface area contributed by atoms with E-state index in [0.29, 0.717) is 23.5 Å². The van der Waals surface area contributed by atoms with Crippen molar-refractivity contribution >= 4 is 16.8 Å². The summed E-state index contributed by atoms with van der Waals surface area (Å²) >= 11 is 0. The zero-order valence-corrected chi connectivity index (χ0v) is 16.8. The summed E-state index contributed by atoms with van der Waals surface area (Å²) in [7, 11) is 0. The van der Waals surface area contributed by atoms with Gasteiger partial charge in [0.2, 0.25) is 5.91 Å². The predicted octanol–water partition coefficient (Wildman–Crippen LogP) is 2.47. The van der Waals surface area contributed by atoms with Crippen LogP contribution in [0.4, 0.5) is 8.78 Å². The summed E-state index contributed by atoms with van der Waals surface area (Å²) in [4.78, 5) is 16.4. The highest BCUT2D eigenvalue weighted by Gasteiger charge is 2.13. The summed E-state index contributed by atoms with van der Waals surface area (Å²) in [5.41, 5.74) is 2.91. The molecule has 0 radical (unpaired) electrons. The smallest absolute Gasteiger partial charge is 0.272 e. The number of nitrogens with zero attached hydrogens (tertiary/aromatic N) is 3. The second-order valence-electron chi connectivity index (χ2n) is 7.15. The maximum absolute atomic E-state index is 12.4. The summed E-state index contributed by atoms with van der Waals surface area (Å²) in [5, 5.41) is 17.2. The number of aromatic nitrogens is 3. The van der Waals surface area contributed by atoms with Gasteiger partial charge in [0.1, 0.15) is 12.4 Å². The Morgan fingerprint density at radius 1 is 1.33 bits per heavy atom. The normalized spacial score (nSPS) is 12.3. The number of aliphatic hydroxyl groups excluding tert-OH is 1. The number of carbonyl (C=O) groups is 1. The van der Waals surface area contributed by atoms with Crippen molar-refractivity contribution in [2.24, 2.45) is 0 Å². The second-order valence-corrected chi connectivity index (χ2v) is 7.15. The SMILES string of the molecule is Cc1ccc(Cn2cc3c(CC(=O)NC[C@@H](C)O)nccc3n2)cc1OCC(F)F. The van der Waals surface area contributed by atoms with Gasteiger partial charge >= 0.3 is 0 Å². The van der Waals surface area contributed by atoms with E-state index in [2.05, 4.69) is 15.4 Å². The molecule has 7 nitrogen and oxygen atoms in total. The summed E-state index contributed by atoms with van der Waals surface area (Å²) in [6.07, 6.45) is 0.321. The summed E-state index contributed by atoms with van der Waals surface area (Å²) < 4.78 is 31.8. The van der Waals surface area contributed by atoms with E-state index >= 15 is 0 Å². The number of hydrogen-bond acceptors (Lipinski definition) is 5. The Labute approximate surface area is 172 Å². The van der Waals surface area contributed by atoms with Crippen LogP contribution in [-0.4, -0.2) is 51.5 Å². The molecule has 2 N–H and O–H groups in total. The number of carbonyl (C=O) groups excluding carboxylic acids is 1. The molecule has 0 aliphatic rings. The first-order chi connectivity index (χ1) is 14.3. The van der Waals surface area contributed by atoms with E-state index in [1.54, 1.807) is 43.1 Å². The van der Waals surface area contributed by atoms with Crippen LogP contribution in [0.25, 0.3) is 10.9 Å². The lowest BCUT2D eigenvalue weighted by Crippen LogP contribution is -2.31. The van der Waals surface area contributed by atoms with Crippen molar-refractivity contribution < 1.29 is 23.4 Å². The molecule has 9 heteroatoms. The van der Waals surface area contributed by atoms with Gasteiger partial charge in [-0.25, -0.2) is 8.78 Å². The number of amides is 1. The third-order valence-electron chi connectivity index (χ3n) is 4.45. The minimum absolute atomic E-state index is 0.0753. The number of rotatable bonds is 9. The standard InChI is InChI=1S/C21H24F2N4O3/c1-13-3-4-15(7-19(13)30-12-20(22)23)10-27-11-16-17(26-27)5-6-24-18(16)8-21(29)25-9-14(2)28/h3-7,11,14,20,28H,8-10,12H2,1-2H3,(H,25,29)/t14-/m1/s1. The molecule has 30 heavy (non-hydrogen) atoms. The largest absolute Gasteiger partial charge is 0.487 e. The maximum atomic E-state index is 12.4. The lowest BCUT2D eigenvalue weighted by molar-refractivity contribution is -0.120. The average Bonchev–Trinajstić information content (AvgIpc) is 3.10. The van der Waals surface area contributed by atoms with E-state index < -0.39 is 19.1 Å². The molecule has 160 valence electrons. The fourth-order valence-corrected chi connectivity index (χ4v) is 2.99. The van der Waals surface area contributed by atoms with Gasteiger partial charge in [-0.05, 0) is 37.1 Å². The molecule has 2 heterocycles. The van der Waals surface area contributed by atoms with Gasteiger partial charge in [0.05, 0.1) is 30.3 Å². The average molecular weight is 418 g/mol. The molecule has 3 rings (SSSR count). The van der Waals surface area contributed by atoms with Gasteiger partial charge in [0, 0.05) is 24.3 Å². The Bertz CT molecular complexity index is 1020. The molecule has 1 atom stereocenters. The molecule has 0 saturated carbocycles. The van der Waals surface area contributed by atoms with E-state index in [-0.39, 0.29) is 18.9 Å². The summed E-state index contributed by atoms with van der Waals surface area (Å²) in [6, 6.07) is 7.19. The number of fused-ring (bicyclic) bond motifs is 1. The molecule has 2 aromatic heterocycles. The van der Waals surface area contributed by atoms with Crippen LogP contribution in [-0.2, 0) is 17.8 Å². The van der Waals surface area contributed by atoms with Crippen molar-refractivity contribution in [2.45, 2.75) is 39.3 Å². The number of pyridine rings is 1. The quantitative estimate of drug-likeness (QED) is 0.557. The molecular formula is C21H24F2N4O3. The van der Waals surface area contributed by atoms with Crippen LogP contribution < -0.4 is 10.1 Å². The van der Waals surface area contributed by atoms with Crippen LogP contribution in [0.3, 0.4) is 0 Å². The van der Waals surface area contributed by atoms with Crippen molar-refractivity contribution in [3.05, 3.63) is 53.5 Å². The van der Waals surface area contributed by atoms with Gasteiger partial charge in [-0.1, -0.05) is 12.1 Å². The number of alkyl halides is 2. The fourth-order valence-electron chi connectivity index (χ4n) is 2.99. The Kier molecular flexibility index (Phi) is 6.94. The minimum atomic E-state index is -2.53. The number of benzene rings is 1. The van der Waals surface area contributed by atoms with Crippen molar-refractivity contribution in [1.29, 1.82) is 0 Å². The maximum Gasteiger partial charge on any atom is 0.272 e. The Morgan fingerprint density at radius 2 is 2.13 bits per heavy atom. The van der Waals surface area contributed by atoms with Gasteiger partial charge in [-0.15, -0.1) is 0 Å². The lowest BCUT2D eigenvalue weighted by Gasteiger charge is -2.11. The van der Waals surface area contributed by atoms with Crippen LogP contribution in [0.2, 0.25) is 0 Å². The highest BCUT2D eigenvalue weighted by atomic mass is 19.3. The molecule has 0 unspecified atom stereocenters. The van der Waals surface area contributed by atoms with E-state index in [4.69, 9.17) is 4.74 Å². The molecule has 0 aliphatic carbocycles. The first kappa shape index (κ1) is 21.6. The number of hydrogen-bond donors (Lipinski definition) is 2. The molecule has 0 fully saturated rings. The van der Waals surface area contributed by atoms with E-state index in [9.17, 15) is 18.7 Å². The van der Waals surface area contributed by atoms with Crippen LogP contribution in [0.15, 0.2) is 36.7 Å². The molecule has 3 aromatic rings. The zero-order chi connectivity index (χ0) is 21.7. The highest BCUT2D eigenvalue weighted by Crippen LogP contribution is 2.22. The van der Waals surface area contributed by atoms with Crippen LogP contribution in [0.5, 0.6) is 5.75 Å². The monoisotopic (exact) mass is 418 g/mol. The molecule has 0 spiro atoms. The van der Waals surface area contributed by atoms with Gasteiger partial charge in [0.25, 0.3) is 6.43 Å². The van der Waals surface area contributed by atoms with E-state index in [1.165, 1.54) is 0 Å². The number of aryl methyl sites for hydroxylation is 1. The number of ether oxygens (including phenoxy) is 1. The van der Waals surface area contributed by atoms with Crippen molar-refractivity contribution in [1.82, 2.24) is 20.1 Å². The third kappa shape index (κ3) is 5.73. The van der Waals surface area contributed by atoms with Crippen molar-refractivity contribution in [3.8, 4) is 5.75 Å². The van der Waals surface area contributed by atoms with Crippen molar-refractivity contribution in [2.75, 3.05) is 13.2 Å². The topological polar surface area (TPSA) is 89.3 Å². The Hall–Kier alpha value is -3.07. The lowest BCUT2D eigenvalue weighted by atomic mass is 10.1. The van der Waals surface area contributed by atoms with Gasteiger partial charge in [-0.2, -0.15) is 5.10 Å². The zero-order valence-electron chi connectivity index (χ0n) is 16.8. The van der Waals surface area contributed by atoms with Crippen LogP contribution in [0.1, 0.15) is 23.7 Å². The van der Waals surface area contributed by atoms with Crippen LogP contribution in [0, 0.1) is 6.92 Å². The molecule has 1 aromatic carbocycles. The molecule has 1 amide bonds. The summed E-state index contributed by atoms with van der Waals surface area (Å²) in [6.45, 7) is 3.33.